The maximum Gasteiger partial charge on any atom is 0.321 e. The zero-order valence-electron chi connectivity index (χ0n) is 24.8. The predicted octanol–water partition coefficient (Wildman–Crippen LogP) is 6.08. The van der Waals surface area contributed by atoms with E-state index in [0.717, 1.165) is 71.2 Å². The molecule has 3 aliphatic rings. The molecule has 0 radical (unpaired) electrons. The molecule has 2 aliphatic heterocycles. The molecule has 2 saturated heterocycles. The summed E-state index contributed by atoms with van der Waals surface area (Å²) in [5.74, 6) is -0.126. The quantitative estimate of drug-likeness (QED) is 0.359. The number of carbonyl (C=O) groups is 2. The van der Waals surface area contributed by atoms with Crippen LogP contribution in [0.1, 0.15) is 68.9 Å². The zero-order chi connectivity index (χ0) is 29.6. The van der Waals surface area contributed by atoms with Crippen molar-refractivity contribution >= 4 is 23.5 Å². The number of amides is 1. The number of likely N-dealkylation sites (tertiary alicyclic amines) is 2. The summed E-state index contributed by atoms with van der Waals surface area (Å²) in [4.78, 5) is 32.5. The van der Waals surface area contributed by atoms with Gasteiger partial charge in [-0.1, -0.05) is 67.3 Å². The van der Waals surface area contributed by atoms with Gasteiger partial charge in [0.25, 0.3) is 0 Å². The smallest absolute Gasteiger partial charge is 0.321 e. The van der Waals surface area contributed by atoms with Crippen molar-refractivity contribution in [2.24, 2.45) is 11.8 Å². The molecule has 6 nitrogen and oxygen atoms in total. The Bertz CT molecular complexity index is 1200. The predicted molar refractivity (Wildman–Crippen MR) is 164 cm³/mol. The number of rotatable bonds is 10. The van der Waals surface area contributed by atoms with Gasteiger partial charge < -0.3 is 14.9 Å². The molecule has 0 aromatic heterocycles. The van der Waals surface area contributed by atoms with Crippen molar-refractivity contribution in [3.8, 4) is 0 Å². The molecule has 5 rings (SSSR count). The number of carbonyl (C=O) groups excluding carboxylic acids is 1. The molecule has 1 saturated carbocycles. The molecule has 2 aromatic rings. The van der Waals surface area contributed by atoms with Crippen LogP contribution in [0.25, 0.3) is 0 Å². The summed E-state index contributed by atoms with van der Waals surface area (Å²) in [6, 6.07) is 14.6. The molecule has 42 heavy (non-hydrogen) atoms. The van der Waals surface area contributed by atoms with Gasteiger partial charge in [0.05, 0.1) is 6.42 Å². The van der Waals surface area contributed by atoms with E-state index in [9.17, 15) is 19.1 Å². The molecular formula is C34H45ClFN3O3. The Labute approximate surface area is 254 Å². The molecule has 3 unspecified atom stereocenters. The first-order valence-electron chi connectivity index (χ1n) is 15.8. The number of hydrogen-bond donors (Lipinski definition) is 1. The average molecular weight is 598 g/mol. The number of nitrogens with zero attached hydrogens (tertiary/aromatic N) is 3. The maximum atomic E-state index is 13.5. The van der Waals surface area contributed by atoms with Crippen LogP contribution in [0.4, 0.5) is 4.39 Å². The van der Waals surface area contributed by atoms with E-state index in [1.165, 1.54) is 24.1 Å². The highest BCUT2D eigenvalue weighted by molar-refractivity contribution is 6.31. The first kappa shape index (κ1) is 31.0. The minimum atomic E-state index is -0.665. The Hall–Kier alpha value is -2.48. The molecule has 1 amide bonds. The maximum absolute atomic E-state index is 13.5. The molecule has 8 heteroatoms. The van der Waals surface area contributed by atoms with Gasteiger partial charge in [0.1, 0.15) is 11.9 Å². The van der Waals surface area contributed by atoms with Gasteiger partial charge in [-0.05, 0) is 67.7 Å². The molecule has 0 bridgehead atoms. The van der Waals surface area contributed by atoms with Gasteiger partial charge in [0.15, 0.2) is 0 Å². The standard InChI is InChI=1S/C34H45ClFN3O3/c1-2-39(32(40)19-26-13-14-28(36)20-31(26)35)29-15-17-37(18-16-29)21-27-22-38(23-30(27)24-9-5-3-6-10-24)33(34(41)42)25-11-7-4-8-12-25/h3,5-6,9-10,13-14,20,25,27,29-30,33H,2,4,7-8,11-12,15-19,21-23H2,1H3,(H,41,42). The lowest BCUT2D eigenvalue weighted by Crippen LogP contribution is -2.49. The minimum absolute atomic E-state index is 0.0301. The summed E-state index contributed by atoms with van der Waals surface area (Å²) in [6.45, 7) is 7.01. The van der Waals surface area contributed by atoms with E-state index in [0.29, 0.717) is 29.0 Å². The van der Waals surface area contributed by atoms with E-state index in [1.807, 2.05) is 17.9 Å². The molecule has 1 aliphatic carbocycles. The van der Waals surface area contributed by atoms with Gasteiger partial charge in [0.2, 0.25) is 5.91 Å². The Kier molecular flexibility index (Phi) is 10.6. The van der Waals surface area contributed by atoms with Crippen LogP contribution in [0, 0.1) is 17.7 Å². The Morgan fingerprint density at radius 1 is 1.02 bits per heavy atom. The Morgan fingerprint density at radius 3 is 2.38 bits per heavy atom. The number of aliphatic carboxylic acids is 1. The van der Waals surface area contributed by atoms with Crippen LogP contribution >= 0.6 is 11.6 Å². The molecule has 2 aromatic carbocycles. The van der Waals surface area contributed by atoms with E-state index in [1.54, 1.807) is 6.07 Å². The monoisotopic (exact) mass is 597 g/mol. The van der Waals surface area contributed by atoms with Crippen molar-refractivity contribution in [2.75, 3.05) is 39.3 Å². The van der Waals surface area contributed by atoms with E-state index in [-0.39, 0.29) is 24.3 Å². The lowest BCUT2D eigenvalue weighted by atomic mass is 9.83. The lowest BCUT2D eigenvalue weighted by Gasteiger charge is -2.39. The van der Waals surface area contributed by atoms with Crippen molar-refractivity contribution in [3.05, 3.63) is 70.5 Å². The highest BCUT2D eigenvalue weighted by Gasteiger charge is 2.43. The van der Waals surface area contributed by atoms with Crippen molar-refractivity contribution in [1.82, 2.24) is 14.7 Å². The second-order valence-electron chi connectivity index (χ2n) is 12.5. The van der Waals surface area contributed by atoms with E-state index in [2.05, 4.69) is 34.1 Å². The average Bonchev–Trinajstić information content (AvgIpc) is 3.39. The highest BCUT2D eigenvalue weighted by Crippen LogP contribution is 2.38. The minimum Gasteiger partial charge on any atom is -0.480 e. The SMILES string of the molecule is CCN(C(=O)Cc1ccc(F)cc1Cl)C1CCN(CC2CN(C(C(=O)O)C3CCCCC3)CC2c2ccccc2)CC1. The number of benzene rings is 2. The van der Waals surface area contributed by atoms with Crippen LogP contribution in [-0.2, 0) is 16.0 Å². The van der Waals surface area contributed by atoms with Crippen molar-refractivity contribution in [2.45, 2.75) is 76.3 Å². The third kappa shape index (κ3) is 7.35. The number of halogens is 2. The first-order chi connectivity index (χ1) is 20.3. The second-order valence-corrected chi connectivity index (χ2v) is 12.9. The van der Waals surface area contributed by atoms with Crippen LogP contribution in [0.15, 0.2) is 48.5 Å². The number of piperidine rings is 1. The number of carboxylic acids is 1. The third-order valence-corrected chi connectivity index (χ3v) is 10.3. The zero-order valence-corrected chi connectivity index (χ0v) is 25.5. The fourth-order valence-electron chi connectivity index (χ4n) is 7.81. The molecule has 1 N–H and O–H groups in total. The van der Waals surface area contributed by atoms with Gasteiger partial charge in [-0.25, -0.2) is 4.39 Å². The summed E-state index contributed by atoms with van der Waals surface area (Å²) in [6.07, 6.45) is 7.51. The molecule has 228 valence electrons. The first-order valence-corrected chi connectivity index (χ1v) is 16.2. The normalized spacial score (nSPS) is 23.6. The van der Waals surface area contributed by atoms with Crippen LogP contribution in [-0.4, -0.2) is 83.0 Å². The Morgan fingerprint density at radius 2 is 1.74 bits per heavy atom. The summed E-state index contributed by atoms with van der Waals surface area (Å²) < 4.78 is 13.5. The van der Waals surface area contributed by atoms with Gasteiger partial charge in [-0.15, -0.1) is 0 Å². The lowest BCUT2D eigenvalue weighted by molar-refractivity contribution is -0.145. The van der Waals surface area contributed by atoms with Gasteiger partial charge in [0, 0.05) is 56.3 Å². The van der Waals surface area contributed by atoms with Crippen molar-refractivity contribution in [1.29, 1.82) is 0 Å². The van der Waals surface area contributed by atoms with E-state index < -0.39 is 17.8 Å². The van der Waals surface area contributed by atoms with Crippen LogP contribution < -0.4 is 0 Å². The summed E-state index contributed by atoms with van der Waals surface area (Å²) in [7, 11) is 0. The Balaban J connectivity index is 1.22. The highest BCUT2D eigenvalue weighted by atomic mass is 35.5. The van der Waals surface area contributed by atoms with E-state index in [4.69, 9.17) is 11.6 Å². The summed E-state index contributed by atoms with van der Waals surface area (Å²) >= 11 is 6.20. The van der Waals surface area contributed by atoms with Crippen LogP contribution in [0.5, 0.6) is 0 Å². The molecule has 2 heterocycles. The number of carboxylic acid groups (broad SMARTS) is 1. The van der Waals surface area contributed by atoms with Crippen LogP contribution in [0.2, 0.25) is 5.02 Å². The van der Waals surface area contributed by atoms with Crippen molar-refractivity contribution < 1.29 is 19.1 Å². The number of likely N-dealkylation sites (N-methyl/N-ethyl adjacent to an activating group) is 1. The van der Waals surface area contributed by atoms with Crippen molar-refractivity contribution in [3.63, 3.8) is 0 Å². The molecule has 3 fully saturated rings. The summed E-state index contributed by atoms with van der Waals surface area (Å²) in [5.41, 5.74) is 1.96. The fourth-order valence-corrected chi connectivity index (χ4v) is 8.05. The number of hydrogen-bond acceptors (Lipinski definition) is 4. The molecular weight excluding hydrogens is 553 g/mol. The molecule has 3 atom stereocenters. The topological polar surface area (TPSA) is 64.1 Å². The fraction of sp³-hybridized carbons (Fsp3) is 0.588. The van der Waals surface area contributed by atoms with Gasteiger partial charge >= 0.3 is 5.97 Å². The molecule has 0 spiro atoms. The van der Waals surface area contributed by atoms with E-state index >= 15 is 0 Å². The summed E-state index contributed by atoms with van der Waals surface area (Å²) in [5, 5.41) is 10.6. The van der Waals surface area contributed by atoms with Gasteiger partial charge in [-0.3, -0.25) is 14.5 Å². The second kappa shape index (κ2) is 14.3. The third-order valence-electron chi connectivity index (χ3n) is 9.95. The van der Waals surface area contributed by atoms with Gasteiger partial charge in [-0.2, -0.15) is 0 Å². The van der Waals surface area contributed by atoms with Crippen LogP contribution in [0.3, 0.4) is 0 Å². The largest absolute Gasteiger partial charge is 0.480 e.